The van der Waals surface area contributed by atoms with E-state index in [1.165, 1.54) is 0 Å². The number of para-hydroxylation sites is 4. The number of furan rings is 4. The van der Waals surface area contributed by atoms with Crippen molar-refractivity contribution in [3.05, 3.63) is 231 Å². The van der Waals surface area contributed by atoms with Crippen LogP contribution in [0.1, 0.15) is 11.1 Å². The maximum Gasteiger partial charge on any atom is 0.145 e. The third-order valence-electron chi connectivity index (χ3n) is 15.8. The summed E-state index contributed by atoms with van der Waals surface area (Å²) in [6.07, 6.45) is 0. The van der Waals surface area contributed by atoms with E-state index in [1.54, 1.807) is 0 Å². The van der Waals surface area contributed by atoms with Crippen LogP contribution < -0.4 is 0 Å². The van der Waals surface area contributed by atoms with Crippen molar-refractivity contribution in [2.45, 2.75) is 0 Å². The topological polar surface area (TPSA) is 110 Å². The van der Waals surface area contributed by atoms with Gasteiger partial charge in [0.1, 0.15) is 56.8 Å². The van der Waals surface area contributed by atoms with Gasteiger partial charge in [-0.3, -0.25) is 0 Å². The lowest BCUT2D eigenvalue weighted by Crippen LogP contribution is -2.04. The van der Waals surface area contributed by atoms with Crippen LogP contribution in [0.3, 0.4) is 0 Å². The minimum absolute atomic E-state index is 0.340. The maximum absolute atomic E-state index is 11.4. The fourth-order valence-electron chi connectivity index (χ4n) is 12.4. The third-order valence-corrected chi connectivity index (χ3v) is 15.8. The number of hydrogen-bond acceptors (Lipinski definition) is 6. The van der Waals surface area contributed by atoms with Gasteiger partial charge in [0.05, 0.1) is 49.7 Å². The first kappa shape index (κ1) is 43.4. The highest BCUT2D eigenvalue weighted by atomic mass is 16.3. The van der Waals surface area contributed by atoms with Crippen LogP contribution in [0.4, 0.5) is 0 Å². The summed E-state index contributed by atoms with van der Waals surface area (Å²) in [5, 5.41) is 34.8. The zero-order valence-electron chi connectivity index (χ0n) is 41.5. The van der Waals surface area contributed by atoms with E-state index in [2.05, 4.69) is 156 Å². The van der Waals surface area contributed by atoms with Crippen molar-refractivity contribution < 1.29 is 17.7 Å². The van der Waals surface area contributed by atoms with Crippen molar-refractivity contribution in [1.29, 1.82) is 10.5 Å². The molecule has 0 radical (unpaired) electrons. The van der Waals surface area contributed by atoms with E-state index >= 15 is 0 Å². The summed E-state index contributed by atoms with van der Waals surface area (Å²) in [6, 6.07) is 75.4. The number of fused-ring (bicyclic) bond motifs is 20. The van der Waals surface area contributed by atoms with Gasteiger partial charge >= 0.3 is 0 Å². The molecule has 8 heteroatoms. The summed E-state index contributed by atoms with van der Waals surface area (Å²) < 4.78 is 30.5. The van der Waals surface area contributed by atoms with Crippen molar-refractivity contribution in [1.82, 2.24) is 9.13 Å². The molecule has 17 rings (SSSR count). The van der Waals surface area contributed by atoms with E-state index in [4.69, 9.17) is 17.7 Å². The largest absolute Gasteiger partial charge is 0.456 e. The average molecular weight is 999 g/mol. The molecule has 78 heavy (non-hydrogen) atoms. The number of nitriles is 2. The van der Waals surface area contributed by atoms with Crippen molar-refractivity contribution in [3.63, 3.8) is 0 Å². The molecule has 0 atom stereocenters. The number of hydrogen-bond donors (Lipinski definition) is 0. The van der Waals surface area contributed by atoms with Gasteiger partial charge in [0, 0.05) is 59.5 Å². The molecule has 0 aliphatic carbocycles. The molecule has 0 aliphatic heterocycles. The molecule has 0 saturated carbocycles. The molecule has 362 valence electrons. The minimum Gasteiger partial charge on any atom is -0.456 e. The molecule has 0 N–H and O–H groups in total. The Bertz CT molecular complexity index is 5510. The van der Waals surface area contributed by atoms with E-state index in [0.717, 1.165) is 154 Å². The number of nitrogens with zero attached hydrogens (tertiary/aromatic N) is 4. The molecule has 17 aromatic rings. The molecular formula is C70H38N4O4. The van der Waals surface area contributed by atoms with Gasteiger partial charge in [-0.1, -0.05) is 97.1 Å². The Balaban J connectivity index is 0.00000252. The molecular weight excluding hydrogens is 961 g/mol. The van der Waals surface area contributed by atoms with Crippen LogP contribution in [0.15, 0.2) is 237 Å². The highest BCUT2D eigenvalue weighted by Gasteiger charge is 2.26. The third kappa shape index (κ3) is 5.97. The van der Waals surface area contributed by atoms with Crippen LogP contribution in [-0.2, 0) is 0 Å². The van der Waals surface area contributed by atoms with Gasteiger partial charge in [-0.15, -0.1) is 13.2 Å². The SMILES string of the molecule is C=C.N#Cc1cc(-n2c3ccc(-c4ccc5c(c4)oc4ccccc45)cc3c3c4oc5ccccc5c4ccc32)cc(C#N)c1-n1c2ccc(-c3ccc4c(c3)oc3ccccc34)cc2c2c3oc4ccccc4c3ccc21. The first-order valence-corrected chi connectivity index (χ1v) is 25.7. The molecule has 0 fully saturated rings. The summed E-state index contributed by atoms with van der Waals surface area (Å²) in [4.78, 5) is 0. The van der Waals surface area contributed by atoms with Crippen molar-refractivity contribution in [2.24, 2.45) is 0 Å². The van der Waals surface area contributed by atoms with Crippen LogP contribution in [-0.4, -0.2) is 9.13 Å². The second-order valence-corrected chi connectivity index (χ2v) is 19.7. The molecule has 0 unspecified atom stereocenters. The van der Waals surface area contributed by atoms with Gasteiger partial charge in [0.25, 0.3) is 0 Å². The summed E-state index contributed by atoms with van der Waals surface area (Å²) in [5.74, 6) is 0. The minimum atomic E-state index is 0.340. The van der Waals surface area contributed by atoms with Crippen LogP contribution >= 0.6 is 0 Å². The molecule has 0 saturated heterocycles. The Labute approximate surface area is 442 Å². The van der Waals surface area contributed by atoms with E-state index in [0.29, 0.717) is 22.5 Å². The van der Waals surface area contributed by atoms with Gasteiger partial charge in [0.2, 0.25) is 0 Å². The summed E-state index contributed by atoms with van der Waals surface area (Å²) in [7, 11) is 0. The van der Waals surface area contributed by atoms with Crippen LogP contribution in [0, 0.1) is 22.7 Å². The Kier molecular flexibility index (Phi) is 9.01. The zero-order valence-corrected chi connectivity index (χ0v) is 41.5. The first-order valence-electron chi connectivity index (χ1n) is 25.7. The smallest absolute Gasteiger partial charge is 0.145 e. The molecule has 11 aromatic carbocycles. The molecule has 6 heterocycles. The molecule has 0 spiro atoms. The highest BCUT2D eigenvalue weighted by Crippen LogP contribution is 2.46. The Hall–Kier alpha value is -11.1. The number of aromatic nitrogens is 2. The second-order valence-electron chi connectivity index (χ2n) is 19.7. The molecule has 8 nitrogen and oxygen atoms in total. The van der Waals surface area contributed by atoms with E-state index in [9.17, 15) is 10.5 Å². The summed E-state index contributed by atoms with van der Waals surface area (Å²) >= 11 is 0. The monoisotopic (exact) mass is 998 g/mol. The van der Waals surface area contributed by atoms with Crippen molar-refractivity contribution in [2.75, 3.05) is 0 Å². The lowest BCUT2D eigenvalue weighted by atomic mass is 10.0. The predicted molar refractivity (Wildman–Crippen MR) is 316 cm³/mol. The Morgan fingerprint density at radius 2 is 0.654 bits per heavy atom. The fraction of sp³-hybridized carbons (Fsp3) is 0. The van der Waals surface area contributed by atoms with Gasteiger partial charge in [0.15, 0.2) is 0 Å². The maximum atomic E-state index is 11.4. The fourth-order valence-corrected chi connectivity index (χ4v) is 12.4. The van der Waals surface area contributed by atoms with Crippen LogP contribution in [0.2, 0.25) is 0 Å². The molecule has 0 aliphatic rings. The van der Waals surface area contributed by atoms with Gasteiger partial charge in [-0.2, -0.15) is 10.5 Å². The predicted octanol–water partition coefficient (Wildman–Crippen LogP) is 19.4. The van der Waals surface area contributed by atoms with Crippen molar-refractivity contribution >= 4 is 131 Å². The Morgan fingerprint density at radius 3 is 1.12 bits per heavy atom. The zero-order chi connectivity index (χ0) is 51.9. The van der Waals surface area contributed by atoms with E-state index in [-0.39, 0.29) is 0 Å². The Morgan fingerprint density at radius 1 is 0.308 bits per heavy atom. The molecule has 0 bridgehead atoms. The van der Waals surface area contributed by atoms with Crippen LogP contribution in [0.25, 0.3) is 165 Å². The van der Waals surface area contributed by atoms with E-state index in [1.807, 2.05) is 84.9 Å². The summed E-state index contributed by atoms with van der Waals surface area (Å²) in [6.45, 7) is 6.00. The number of rotatable bonds is 4. The lowest BCUT2D eigenvalue weighted by Gasteiger charge is -2.16. The normalized spacial score (nSPS) is 11.9. The lowest BCUT2D eigenvalue weighted by molar-refractivity contribution is 0.668. The highest BCUT2D eigenvalue weighted by molar-refractivity contribution is 6.26. The van der Waals surface area contributed by atoms with Gasteiger partial charge in [-0.25, -0.2) is 0 Å². The van der Waals surface area contributed by atoms with E-state index < -0.39 is 0 Å². The van der Waals surface area contributed by atoms with Crippen LogP contribution in [0.5, 0.6) is 0 Å². The van der Waals surface area contributed by atoms with Gasteiger partial charge < -0.3 is 26.8 Å². The van der Waals surface area contributed by atoms with Gasteiger partial charge in [-0.05, 0) is 131 Å². The average Bonchev–Trinajstić information content (AvgIpc) is 4.50. The van der Waals surface area contributed by atoms with Crippen molar-refractivity contribution in [3.8, 4) is 45.8 Å². The quantitative estimate of drug-likeness (QED) is 0.162. The number of benzene rings is 11. The standard InChI is InChI=1S/C68H34N4O4.C2H4/c69-35-41-29-43(71-54-25-19-37(39-17-21-48-44-9-1-5-13-58(44)73-62(48)33-39)31-52(54)64-56(71)27-23-50-46-11-3-7-15-60(46)75-67(50)64)30-42(36-70)66(41)72-55-26-20-38(40-18-22-49-45-10-2-6-14-59(45)74-63(49)34-40)32-53(55)65-57(72)28-24-51-47-12-4-8-16-61(47)76-68(51)65;1-2/h1-34H;1-2H2. The second kappa shape index (κ2) is 16.2. The molecule has 6 aromatic heterocycles. The molecule has 0 amide bonds. The first-order chi connectivity index (χ1) is 38.6. The summed E-state index contributed by atoms with van der Waals surface area (Å²) in [5.41, 5.74) is 15.7.